The number of nitrogens with zero attached hydrogens (tertiary/aromatic N) is 2. The third kappa shape index (κ3) is 1.87. The topological polar surface area (TPSA) is 45.2 Å². The van der Waals surface area contributed by atoms with Crippen LogP contribution >= 0.6 is 11.3 Å². The van der Waals surface area contributed by atoms with Crippen molar-refractivity contribution in [3.63, 3.8) is 0 Å². The zero-order valence-corrected chi connectivity index (χ0v) is 10.8. The minimum absolute atomic E-state index is 0.0255. The van der Waals surface area contributed by atoms with Crippen molar-refractivity contribution in [2.75, 3.05) is 18.5 Å². The number of fused-ring (bicyclic) bond motifs is 1. The molecule has 1 N–H and O–H groups in total. The number of carbonyl (C=O) groups is 1. The van der Waals surface area contributed by atoms with Gasteiger partial charge < -0.3 is 5.32 Å². The van der Waals surface area contributed by atoms with Crippen molar-refractivity contribution in [2.24, 2.45) is 0 Å². The molecule has 1 aromatic rings. The molecule has 92 valence electrons. The summed E-state index contributed by atoms with van der Waals surface area (Å²) in [6.07, 6.45) is 5.45. The number of amides is 1. The van der Waals surface area contributed by atoms with Crippen molar-refractivity contribution in [1.29, 1.82) is 0 Å². The van der Waals surface area contributed by atoms with Gasteiger partial charge >= 0.3 is 0 Å². The van der Waals surface area contributed by atoms with Crippen LogP contribution in [0.2, 0.25) is 0 Å². The highest BCUT2D eigenvalue weighted by molar-refractivity contribution is 7.16. The number of aryl methyl sites for hydroxylation is 2. The van der Waals surface area contributed by atoms with E-state index < -0.39 is 0 Å². The third-order valence-electron chi connectivity index (χ3n) is 3.60. The fourth-order valence-electron chi connectivity index (χ4n) is 2.63. The van der Waals surface area contributed by atoms with Crippen LogP contribution in [0.1, 0.15) is 29.8 Å². The molecular weight excluding hydrogens is 234 g/mol. The van der Waals surface area contributed by atoms with Gasteiger partial charge in [0.05, 0.1) is 11.7 Å². The molecule has 0 saturated carbocycles. The van der Waals surface area contributed by atoms with Gasteiger partial charge in [-0.1, -0.05) is 0 Å². The second-order valence-corrected chi connectivity index (χ2v) is 5.76. The van der Waals surface area contributed by atoms with E-state index in [2.05, 4.69) is 10.3 Å². The molecule has 17 heavy (non-hydrogen) atoms. The van der Waals surface area contributed by atoms with E-state index in [1.54, 1.807) is 11.3 Å². The van der Waals surface area contributed by atoms with Crippen molar-refractivity contribution in [3.05, 3.63) is 10.6 Å². The van der Waals surface area contributed by atoms with Crippen molar-refractivity contribution in [3.8, 4) is 0 Å². The predicted octanol–water partition coefficient (Wildman–Crippen LogP) is 1.35. The lowest BCUT2D eigenvalue weighted by atomic mass is 10.1. The summed E-state index contributed by atoms with van der Waals surface area (Å²) >= 11 is 1.71. The Hall–Kier alpha value is -0.940. The van der Waals surface area contributed by atoms with Crippen LogP contribution in [-0.2, 0) is 17.6 Å². The highest BCUT2D eigenvalue weighted by Gasteiger charge is 2.31. The number of nitrogens with one attached hydrogen (secondary N) is 1. The molecule has 1 saturated heterocycles. The monoisotopic (exact) mass is 251 g/mol. The summed E-state index contributed by atoms with van der Waals surface area (Å²) in [6, 6.07) is -0.0255. The van der Waals surface area contributed by atoms with E-state index in [0.29, 0.717) is 0 Å². The Balaban J connectivity index is 1.85. The van der Waals surface area contributed by atoms with Gasteiger partial charge in [-0.25, -0.2) is 4.98 Å². The van der Waals surface area contributed by atoms with Crippen molar-refractivity contribution >= 4 is 22.4 Å². The van der Waals surface area contributed by atoms with Crippen LogP contribution in [0, 0.1) is 0 Å². The molecule has 1 amide bonds. The van der Waals surface area contributed by atoms with E-state index in [-0.39, 0.29) is 11.9 Å². The fourth-order valence-corrected chi connectivity index (χ4v) is 3.80. The molecule has 1 aromatic heterocycles. The quantitative estimate of drug-likeness (QED) is 0.863. The van der Waals surface area contributed by atoms with E-state index in [1.165, 1.54) is 17.0 Å². The number of piperidine rings is 1. The molecule has 1 unspecified atom stereocenters. The minimum atomic E-state index is -0.0255. The van der Waals surface area contributed by atoms with Crippen LogP contribution in [-0.4, -0.2) is 30.5 Å². The summed E-state index contributed by atoms with van der Waals surface area (Å²) in [5, 5.41) is 4.00. The Kier molecular flexibility index (Phi) is 2.88. The number of hydrogen-bond donors (Lipinski definition) is 1. The average molecular weight is 251 g/mol. The minimum Gasteiger partial charge on any atom is -0.309 e. The van der Waals surface area contributed by atoms with E-state index in [4.69, 9.17) is 0 Å². The molecule has 0 radical (unpaired) electrons. The molecule has 0 aromatic carbocycles. The molecule has 5 heteroatoms. The number of likely N-dealkylation sites (N-methyl/N-ethyl adjacent to an activating group) is 1. The van der Waals surface area contributed by atoms with Gasteiger partial charge in [0.25, 0.3) is 0 Å². The van der Waals surface area contributed by atoms with Crippen molar-refractivity contribution < 1.29 is 4.79 Å². The molecule has 1 atom stereocenters. The van der Waals surface area contributed by atoms with Crippen LogP contribution in [0.3, 0.4) is 0 Å². The van der Waals surface area contributed by atoms with Gasteiger partial charge in [0.1, 0.15) is 0 Å². The molecule has 1 fully saturated rings. The second-order valence-electron chi connectivity index (χ2n) is 4.69. The van der Waals surface area contributed by atoms with Gasteiger partial charge in [0.15, 0.2) is 5.13 Å². The maximum atomic E-state index is 12.2. The van der Waals surface area contributed by atoms with Gasteiger partial charge in [0, 0.05) is 11.4 Å². The molecular formula is C12H17N3OS. The molecule has 0 spiro atoms. The van der Waals surface area contributed by atoms with Gasteiger partial charge in [0.2, 0.25) is 5.91 Å². The maximum absolute atomic E-state index is 12.2. The molecule has 2 aliphatic rings. The first-order valence-electron chi connectivity index (χ1n) is 6.27. The molecule has 1 aliphatic carbocycles. The number of rotatable bonds is 2. The first-order chi connectivity index (χ1) is 8.29. The molecule has 4 nitrogen and oxygen atoms in total. The summed E-state index contributed by atoms with van der Waals surface area (Å²) in [4.78, 5) is 20.1. The van der Waals surface area contributed by atoms with Crippen LogP contribution < -0.4 is 10.2 Å². The van der Waals surface area contributed by atoms with Gasteiger partial charge in [-0.3, -0.25) is 9.69 Å². The zero-order chi connectivity index (χ0) is 11.8. The Morgan fingerprint density at radius 2 is 2.29 bits per heavy atom. The normalized spacial score (nSPS) is 24.2. The maximum Gasteiger partial charge on any atom is 0.245 e. The van der Waals surface area contributed by atoms with E-state index >= 15 is 0 Å². The Morgan fingerprint density at radius 3 is 3.06 bits per heavy atom. The zero-order valence-electron chi connectivity index (χ0n) is 10.0. The van der Waals surface area contributed by atoms with Crippen molar-refractivity contribution in [1.82, 2.24) is 10.3 Å². The first-order valence-corrected chi connectivity index (χ1v) is 7.08. The van der Waals surface area contributed by atoms with Crippen LogP contribution in [0.15, 0.2) is 0 Å². The van der Waals surface area contributed by atoms with Gasteiger partial charge in [-0.05, 0) is 39.2 Å². The smallest absolute Gasteiger partial charge is 0.245 e. The number of aromatic nitrogens is 1. The number of hydrogen-bond acceptors (Lipinski definition) is 4. The molecule has 3 rings (SSSR count). The molecule has 1 aliphatic heterocycles. The number of carbonyl (C=O) groups excluding carboxylic acids is 1. The Morgan fingerprint density at radius 1 is 1.41 bits per heavy atom. The van der Waals surface area contributed by atoms with Crippen molar-refractivity contribution in [2.45, 2.75) is 38.1 Å². The predicted molar refractivity (Wildman–Crippen MR) is 68.6 cm³/mol. The number of thiazole rings is 1. The highest BCUT2D eigenvalue weighted by atomic mass is 32.1. The first kappa shape index (κ1) is 11.2. The standard InChI is InChI=1S/C12H17N3OS/c1-13-9-5-3-7-15(11(9)16)12-14-8-4-2-6-10(8)17-12/h9,13H,2-7H2,1H3. The lowest BCUT2D eigenvalue weighted by molar-refractivity contribution is -0.121. The molecule has 0 bridgehead atoms. The fraction of sp³-hybridized carbons (Fsp3) is 0.667. The third-order valence-corrected chi connectivity index (χ3v) is 4.78. The Labute approximate surface area is 105 Å². The average Bonchev–Trinajstić information content (AvgIpc) is 2.89. The molecule has 2 heterocycles. The lowest BCUT2D eigenvalue weighted by Gasteiger charge is -2.30. The van der Waals surface area contributed by atoms with Crippen LogP contribution in [0.5, 0.6) is 0 Å². The van der Waals surface area contributed by atoms with Crippen LogP contribution in [0.4, 0.5) is 5.13 Å². The summed E-state index contributed by atoms with van der Waals surface area (Å²) in [6.45, 7) is 0.823. The SMILES string of the molecule is CNC1CCCN(c2nc3c(s2)CCC3)C1=O. The van der Waals surface area contributed by atoms with E-state index in [0.717, 1.165) is 37.4 Å². The van der Waals surface area contributed by atoms with E-state index in [9.17, 15) is 4.79 Å². The summed E-state index contributed by atoms with van der Waals surface area (Å²) in [5.74, 6) is 0.186. The van der Waals surface area contributed by atoms with Gasteiger partial charge in [-0.2, -0.15) is 0 Å². The van der Waals surface area contributed by atoms with Gasteiger partial charge in [-0.15, -0.1) is 11.3 Å². The summed E-state index contributed by atoms with van der Waals surface area (Å²) in [5.41, 5.74) is 1.23. The highest BCUT2D eigenvalue weighted by Crippen LogP contribution is 2.33. The number of anilines is 1. The summed E-state index contributed by atoms with van der Waals surface area (Å²) in [7, 11) is 1.86. The summed E-state index contributed by atoms with van der Waals surface area (Å²) < 4.78 is 0. The van der Waals surface area contributed by atoms with Crippen LogP contribution in [0.25, 0.3) is 0 Å². The largest absolute Gasteiger partial charge is 0.309 e. The Bertz CT molecular complexity index is 421. The lowest BCUT2D eigenvalue weighted by Crippen LogP contribution is -2.49. The second kappa shape index (κ2) is 4.38. The van der Waals surface area contributed by atoms with E-state index in [1.807, 2.05) is 11.9 Å².